The molecule has 0 aliphatic rings. The van der Waals surface area contributed by atoms with Gasteiger partial charge < -0.3 is 24.1 Å². The number of esters is 1. The van der Waals surface area contributed by atoms with Gasteiger partial charge in [-0.25, -0.2) is 0 Å². The average Bonchev–Trinajstić information content (AvgIpc) is 3.23. The molecule has 2 rings (SSSR count). The number of hydrogen-bond acceptors (Lipinski definition) is 8. The molecule has 158 valence electrons. The lowest BCUT2D eigenvalue weighted by atomic mass is 10.2. The van der Waals surface area contributed by atoms with Gasteiger partial charge in [-0.2, -0.15) is 4.98 Å². The molecule has 0 saturated carbocycles. The molecule has 1 amide bonds. The second-order valence-corrected chi connectivity index (χ2v) is 6.32. The van der Waals surface area contributed by atoms with E-state index in [0.717, 1.165) is 12.8 Å². The van der Waals surface area contributed by atoms with Crippen molar-refractivity contribution in [2.45, 2.75) is 45.6 Å². The topological polar surface area (TPSA) is 113 Å². The van der Waals surface area contributed by atoms with Gasteiger partial charge in [0.15, 0.2) is 18.1 Å². The van der Waals surface area contributed by atoms with Gasteiger partial charge in [0.25, 0.3) is 5.91 Å². The molecule has 1 N–H and O–H groups in total. The van der Waals surface area contributed by atoms with Crippen LogP contribution < -0.4 is 14.8 Å². The largest absolute Gasteiger partial charge is 0.493 e. The third-order valence-electron chi connectivity index (χ3n) is 4.37. The van der Waals surface area contributed by atoms with Gasteiger partial charge in [0, 0.05) is 18.0 Å². The number of aromatic nitrogens is 2. The summed E-state index contributed by atoms with van der Waals surface area (Å²) in [6.45, 7) is 3.68. The van der Waals surface area contributed by atoms with Crippen molar-refractivity contribution in [1.29, 1.82) is 0 Å². The lowest BCUT2D eigenvalue weighted by Gasteiger charge is -2.14. The van der Waals surface area contributed by atoms with Crippen LogP contribution in [0.1, 0.15) is 39.0 Å². The van der Waals surface area contributed by atoms with Crippen LogP contribution in [0.15, 0.2) is 22.7 Å². The van der Waals surface area contributed by atoms with Gasteiger partial charge in [-0.15, -0.1) is 0 Å². The highest BCUT2D eigenvalue weighted by Gasteiger charge is 2.15. The highest BCUT2D eigenvalue weighted by atomic mass is 16.5. The molecule has 0 bridgehead atoms. The summed E-state index contributed by atoms with van der Waals surface area (Å²) in [4.78, 5) is 27.9. The Labute approximate surface area is 169 Å². The van der Waals surface area contributed by atoms with E-state index >= 15 is 0 Å². The maximum absolute atomic E-state index is 11.9. The molecular weight excluding hydrogens is 378 g/mol. The maximum atomic E-state index is 11.9. The normalized spacial score (nSPS) is 10.7. The average molecular weight is 405 g/mol. The number of aryl methyl sites for hydroxylation is 1. The van der Waals surface area contributed by atoms with Crippen molar-refractivity contribution >= 4 is 11.9 Å². The third kappa shape index (κ3) is 6.48. The summed E-state index contributed by atoms with van der Waals surface area (Å²) in [7, 11) is 3.10. The molecule has 0 unspecified atom stereocenters. The van der Waals surface area contributed by atoms with E-state index in [1.54, 1.807) is 32.4 Å². The summed E-state index contributed by atoms with van der Waals surface area (Å²) in [6.07, 6.45) is 1.91. The first-order valence-electron chi connectivity index (χ1n) is 9.50. The number of hydrogen-bond donors (Lipinski definition) is 1. The Morgan fingerprint density at radius 3 is 2.52 bits per heavy atom. The molecular formula is C20H27N3O6. The zero-order valence-electron chi connectivity index (χ0n) is 17.2. The predicted octanol–water partition coefficient (Wildman–Crippen LogP) is 2.53. The molecule has 0 aliphatic carbocycles. The zero-order valence-corrected chi connectivity index (χ0v) is 17.2. The molecule has 2 aromatic rings. The van der Waals surface area contributed by atoms with E-state index in [0.29, 0.717) is 28.8 Å². The number of carbonyl (C=O) groups is 2. The number of amides is 1. The van der Waals surface area contributed by atoms with Crippen LogP contribution in [-0.4, -0.2) is 48.9 Å². The van der Waals surface area contributed by atoms with Gasteiger partial charge >= 0.3 is 5.97 Å². The number of nitrogens with one attached hydrogen (secondary N) is 1. The van der Waals surface area contributed by atoms with E-state index in [4.69, 9.17) is 18.7 Å². The Morgan fingerprint density at radius 1 is 1.14 bits per heavy atom. The monoisotopic (exact) mass is 405 g/mol. The van der Waals surface area contributed by atoms with Crippen molar-refractivity contribution in [3.8, 4) is 22.9 Å². The van der Waals surface area contributed by atoms with E-state index in [-0.39, 0.29) is 31.4 Å². The van der Waals surface area contributed by atoms with Crippen molar-refractivity contribution in [2.75, 3.05) is 20.8 Å². The minimum atomic E-state index is -0.504. The molecule has 29 heavy (non-hydrogen) atoms. The fourth-order valence-corrected chi connectivity index (χ4v) is 2.64. The van der Waals surface area contributed by atoms with E-state index in [1.807, 2.05) is 13.8 Å². The first-order valence-corrected chi connectivity index (χ1v) is 9.50. The number of methoxy groups -OCH3 is 2. The molecule has 9 nitrogen and oxygen atoms in total. The first-order chi connectivity index (χ1) is 14.0. The van der Waals surface area contributed by atoms with E-state index in [2.05, 4.69) is 15.5 Å². The maximum Gasteiger partial charge on any atom is 0.306 e. The summed E-state index contributed by atoms with van der Waals surface area (Å²) in [6, 6.07) is 5.35. The summed E-state index contributed by atoms with van der Waals surface area (Å²) in [5.41, 5.74) is 0.693. The van der Waals surface area contributed by atoms with Crippen LogP contribution in [0.25, 0.3) is 11.4 Å². The van der Waals surface area contributed by atoms with Crippen molar-refractivity contribution < 1.29 is 28.3 Å². The number of rotatable bonds is 11. The molecule has 9 heteroatoms. The lowest BCUT2D eigenvalue weighted by Crippen LogP contribution is -2.36. The summed E-state index contributed by atoms with van der Waals surface area (Å²) < 4.78 is 20.6. The standard InChI is InChI=1S/C20H27N3O6/c1-5-14(6-2)21-17(24)12-28-19(25)10-9-18-22-20(23-29-18)13-7-8-15(26-3)16(11-13)27-4/h7-8,11,14H,5-6,9-10,12H2,1-4H3,(H,21,24). The Kier molecular flexibility index (Phi) is 8.45. The quantitative estimate of drug-likeness (QED) is 0.568. The van der Waals surface area contributed by atoms with Crippen molar-refractivity contribution in [1.82, 2.24) is 15.5 Å². The van der Waals surface area contributed by atoms with E-state index < -0.39 is 5.97 Å². The molecule has 0 saturated heterocycles. The fourth-order valence-electron chi connectivity index (χ4n) is 2.64. The molecule has 0 aliphatic heterocycles. The minimum absolute atomic E-state index is 0.0336. The van der Waals surface area contributed by atoms with Gasteiger partial charge in [-0.05, 0) is 31.0 Å². The minimum Gasteiger partial charge on any atom is -0.493 e. The molecule has 1 aromatic heterocycles. The van der Waals surface area contributed by atoms with Crippen LogP contribution in [0, 0.1) is 0 Å². The van der Waals surface area contributed by atoms with Gasteiger partial charge in [0.05, 0.1) is 20.6 Å². The second kappa shape index (κ2) is 11.0. The summed E-state index contributed by atoms with van der Waals surface area (Å²) in [5.74, 6) is 1.01. The van der Waals surface area contributed by atoms with Crippen LogP contribution in [0.4, 0.5) is 0 Å². The van der Waals surface area contributed by atoms with Crippen LogP contribution in [-0.2, 0) is 20.7 Å². The fraction of sp³-hybridized carbons (Fsp3) is 0.500. The van der Waals surface area contributed by atoms with Crippen LogP contribution in [0.2, 0.25) is 0 Å². The number of ether oxygens (including phenoxy) is 3. The molecule has 0 spiro atoms. The molecule has 0 fully saturated rings. The predicted molar refractivity (Wildman–Crippen MR) is 105 cm³/mol. The third-order valence-corrected chi connectivity index (χ3v) is 4.37. The SMILES string of the molecule is CCC(CC)NC(=O)COC(=O)CCc1nc(-c2ccc(OC)c(OC)c2)no1. The summed E-state index contributed by atoms with van der Waals surface area (Å²) >= 11 is 0. The highest BCUT2D eigenvalue weighted by molar-refractivity contribution is 5.80. The van der Waals surface area contributed by atoms with Crippen molar-refractivity contribution in [3.63, 3.8) is 0 Å². The Balaban J connectivity index is 1.84. The van der Waals surface area contributed by atoms with Crippen LogP contribution in [0.5, 0.6) is 11.5 Å². The van der Waals surface area contributed by atoms with Crippen molar-refractivity contribution in [3.05, 3.63) is 24.1 Å². The van der Waals surface area contributed by atoms with E-state index in [9.17, 15) is 9.59 Å². The Morgan fingerprint density at radius 2 is 1.86 bits per heavy atom. The Hall–Kier alpha value is -3.10. The number of benzene rings is 1. The first kappa shape index (κ1) is 22.2. The zero-order chi connectivity index (χ0) is 21.2. The molecule has 1 heterocycles. The van der Waals surface area contributed by atoms with Crippen LogP contribution >= 0.6 is 0 Å². The highest BCUT2D eigenvalue weighted by Crippen LogP contribution is 2.31. The smallest absolute Gasteiger partial charge is 0.306 e. The second-order valence-electron chi connectivity index (χ2n) is 6.32. The Bertz CT molecular complexity index is 816. The molecule has 0 atom stereocenters. The van der Waals surface area contributed by atoms with E-state index in [1.165, 1.54) is 0 Å². The van der Waals surface area contributed by atoms with Gasteiger partial charge in [-0.3, -0.25) is 9.59 Å². The molecule has 1 aromatic carbocycles. The van der Waals surface area contributed by atoms with Gasteiger partial charge in [0.2, 0.25) is 11.7 Å². The summed E-state index contributed by atoms with van der Waals surface area (Å²) in [5, 5.41) is 6.73. The lowest BCUT2D eigenvalue weighted by molar-refractivity contribution is -0.148. The molecule has 0 radical (unpaired) electrons. The van der Waals surface area contributed by atoms with Crippen LogP contribution in [0.3, 0.4) is 0 Å². The van der Waals surface area contributed by atoms with Gasteiger partial charge in [-0.1, -0.05) is 19.0 Å². The van der Waals surface area contributed by atoms with Gasteiger partial charge in [0.1, 0.15) is 0 Å². The number of nitrogens with zero attached hydrogens (tertiary/aromatic N) is 2. The number of carbonyl (C=O) groups excluding carboxylic acids is 2. The van der Waals surface area contributed by atoms with Crippen molar-refractivity contribution in [2.24, 2.45) is 0 Å².